The van der Waals surface area contributed by atoms with Gasteiger partial charge in [0.25, 0.3) is 0 Å². The number of rotatable bonds is 5. The third kappa shape index (κ3) is 4.25. The van der Waals surface area contributed by atoms with Gasteiger partial charge in [0, 0.05) is 44.5 Å². The molecule has 5 nitrogen and oxygen atoms in total. The predicted octanol–water partition coefficient (Wildman–Crippen LogP) is 0.185. The summed E-state index contributed by atoms with van der Waals surface area (Å²) < 4.78 is 5.33. The molecule has 0 spiro atoms. The molecule has 0 aliphatic carbocycles. The smallest absolute Gasteiger partial charge is 0.247 e. The molecule has 100 valence electrons. The van der Waals surface area contributed by atoms with Gasteiger partial charge >= 0.3 is 0 Å². The number of morpholine rings is 1. The first-order valence-corrected chi connectivity index (χ1v) is 6.45. The number of nitrogens with one attached hydrogen (secondary N) is 2. The Morgan fingerprint density at radius 1 is 1.44 bits per heavy atom. The van der Waals surface area contributed by atoms with Gasteiger partial charge in [-0.15, -0.1) is 0 Å². The van der Waals surface area contributed by atoms with Crippen LogP contribution in [0.1, 0.15) is 12.5 Å². The average Bonchev–Trinajstić information content (AvgIpc) is 2.39. The Morgan fingerprint density at radius 3 is 2.89 bits per heavy atom. The summed E-state index contributed by atoms with van der Waals surface area (Å²) in [5.41, 5.74) is 1.04. The first-order valence-electron chi connectivity index (χ1n) is 6.45. The third-order valence-corrected chi connectivity index (χ3v) is 3.14. The minimum absolute atomic E-state index is 0.0554. The molecule has 0 amide bonds. The van der Waals surface area contributed by atoms with E-state index in [0.717, 1.165) is 45.0 Å². The second kappa shape index (κ2) is 6.68. The van der Waals surface area contributed by atoms with E-state index in [-0.39, 0.29) is 5.56 Å². The number of nitrogens with zero attached hydrogens (tertiary/aromatic N) is 1. The Hall–Kier alpha value is -1.17. The van der Waals surface area contributed by atoms with Crippen LogP contribution in [0.5, 0.6) is 0 Å². The molecule has 0 radical (unpaired) electrons. The molecular weight excluding hydrogens is 230 g/mol. The number of ether oxygens (including phenoxy) is 1. The third-order valence-electron chi connectivity index (χ3n) is 3.14. The summed E-state index contributed by atoms with van der Waals surface area (Å²) in [6.45, 7) is 7.71. The van der Waals surface area contributed by atoms with Crippen molar-refractivity contribution in [2.45, 2.75) is 19.5 Å². The van der Waals surface area contributed by atoms with Crippen molar-refractivity contribution in [2.24, 2.45) is 0 Å². The maximum Gasteiger partial charge on any atom is 0.247 e. The molecule has 1 atom stereocenters. The highest BCUT2D eigenvalue weighted by Crippen LogP contribution is 1.99. The number of aromatic amines is 1. The van der Waals surface area contributed by atoms with E-state index >= 15 is 0 Å². The van der Waals surface area contributed by atoms with Crippen LogP contribution in [0.15, 0.2) is 23.1 Å². The monoisotopic (exact) mass is 251 g/mol. The highest BCUT2D eigenvalue weighted by atomic mass is 16.5. The van der Waals surface area contributed by atoms with Gasteiger partial charge in [0.15, 0.2) is 0 Å². The van der Waals surface area contributed by atoms with Gasteiger partial charge in [-0.05, 0) is 12.5 Å². The van der Waals surface area contributed by atoms with Gasteiger partial charge in [-0.25, -0.2) is 0 Å². The van der Waals surface area contributed by atoms with Crippen LogP contribution in [-0.2, 0) is 11.3 Å². The molecule has 2 rings (SSSR count). The fourth-order valence-corrected chi connectivity index (χ4v) is 2.08. The molecule has 1 aliphatic heterocycles. The number of pyridine rings is 1. The topological polar surface area (TPSA) is 57.4 Å². The van der Waals surface area contributed by atoms with Crippen molar-refractivity contribution >= 4 is 0 Å². The SMILES string of the molecule is CC(CN1CCOCC1)NCc1ccc(=O)[nH]c1. The standard InChI is InChI=1S/C13H21N3O2/c1-11(10-16-4-6-18-7-5-16)14-8-12-2-3-13(17)15-9-12/h2-3,9,11,14H,4-8,10H2,1H3,(H,15,17). The summed E-state index contributed by atoms with van der Waals surface area (Å²) in [6.07, 6.45) is 1.76. The van der Waals surface area contributed by atoms with E-state index in [0.29, 0.717) is 6.04 Å². The van der Waals surface area contributed by atoms with Gasteiger partial charge in [-0.3, -0.25) is 9.69 Å². The largest absolute Gasteiger partial charge is 0.379 e. The Kier molecular flexibility index (Phi) is 4.92. The Bertz CT molecular complexity index is 392. The van der Waals surface area contributed by atoms with Crippen LogP contribution in [0.2, 0.25) is 0 Å². The van der Waals surface area contributed by atoms with Gasteiger partial charge in [-0.2, -0.15) is 0 Å². The zero-order valence-corrected chi connectivity index (χ0v) is 10.8. The molecule has 1 saturated heterocycles. The molecule has 1 aliphatic rings. The summed E-state index contributed by atoms with van der Waals surface area (Å²) in [5, 5.41) is 3.46. The molecule has 1 fully saturated rings. The molecule has 1 aromatic heterocycles. The summed E-state index contributed by atoms with van der Waals surface area (Å²) in [5.74, 6) is 0. The van der Waals surface area contributed by atoms with Gasteiger partial charge in [0.1, 0.15) is 0 Å². The van der Waals surface area contributed by atoms with Crippen molar-refractivity contribution in [2.75, 3.05) is 32.8 Å². The molecule has 1 aromatic rings. The summed E-state index contributed by atoms with van der Waals surface area (Å²) in [4.78, 5) is 16.0. The van der Waals surface area contributed by atoms with Crippen molar-refractivity contribution in [1.82, 2.24) is 15.2 Å². The Balaban J connectivity index is 1.72. The summed E-state index contributed by atoms with van der Waals surface area (Å²) in [6, 6.07) is 3.84. The normalized spacial score (nSPS) is 18.7. The van der Waals surface area contributed by atoms with Crippen LogP contribution in [0.3, 0.4) is 0 Å². The lowest BCUT2D eigenvalue weighted by atomic mass is 10.2. The van der Waals surface area contributed by atoms with E-state index in [1.807, 2.05) is 6.07 Å². The van der Waals surface area contributed by atoms with Crippen molar-refractivity contribution in [3.8, 4) is 0 Å². The number of aromatic nitrogens is 1. The zero-order chi connectivity index (χ0) is 12.8. The number of hydrogen-bond donors (Lipinski definition) is 2. The lowest BCUT2D eigenvalue weighted by Crippen LogP contribution is -2.44. The first kappa shape index (κ1) is 13.3. The number of hydrogen-bond acceptors (Lipinski definition) is 4. The molecular formula is C13H21N3O2. The van der Waals surface area contributed by atoms with Gasteiger partial charge in [-0.1, -0.05) is 6.07 Å². The highest BCUT2D eigenvalue weighted by Gasteiger charge is 2.13. The highest BCUT2D eigenvalue weighted by molar-refractivity contribution is 5.08. The summed E-state index contributed by atoms with van der Waals surface area (Å²) in [7, 11) is 0. The molecule has 1 unspecified atom stereocenters. The average molecular weight is 251 g/mol. The van der Waals surface area contributed by atoms with Crippen LogP contribution in [0.25, 0.3) is 0 Å². The molecule has 2 heterocycles. The maximum absolute atomic E-state index is 10.9. The van der Waals surface area contributed by atoms with Gasteiger partial charge in [0.05, 0.1) is 13.2 Å². The fourth-order valence-electron chi connectivity index (χ4n) is 2.08. The summed E-state index contributed by atoms with van der Waals surface area (Å²) >= 11 is 0. The van der Waals surface area contributed by atoms with E-state index in [1.165, 1.54) is 0 Å². The lowest BCUT2D eigenvalue weighted by molar-refractivity contribution is 0.0343. The lowest BCUT2D eigenvalue weighted by Gasteiger charge is -2.29. The Labute approximate surface area is 107 Å². The predicted molar refractivity (Wildman–Crippen MR) is 70.6 cm³/mol. The van der Waals surface area contributed by atoms with E-state index < -0.39 is 0 Å². The van der Waals surface area contributed by atoms with Gasteiger partial charge in [0.2, 0.25) is 5.56 Å². The van der Waals surface area contributed by atoms with Crippen molar-refractivity contribution < 1.29 is 4.74 Å². The minimum Gasteiger partial charge on any atom is -0.379 e. The van der Waals surface area contributed by atoms with Crippen LogP contribution in [-0.4, -0.2) is 48.8 Å². The van der Waals surface area contributed by atoms with E-state index in [4.69, 9.17) is 4.74 Å². The second-order valence-electron chi connectivity index (χ2n) is 4.76. The van der Waals surface area contributed by atoms with Gasteiger partial charge < -0.3 is 15.0 Å². The molecule has 0 aromatic carbocycles. The minimum atomic E-state index is -0.0554. The first-order chi connectivity index (χ1) is 8.74. The van der Waals surface area contributed by atoms with E-state index in [1.54, 1.807) is 12.3 Å². The quantitative estimate of drug-likeness (QED) is 0.784. The van der Waals surface area contributed by atoms with E-state index in [9.17, 15) is 4.79 Å². The second-order valence-corrected chi connectivity index (χ2v) is 4.76. The molecule has 18 heavy (non-hydrogen) atoms. The fraction of sp³-hybridized carbons (Fsp3) is 0.615. The molecule has 5 heteroatoms. The Morgan fingerprint density at radius 2 is 2.22 bits per heavy atom. The van der Waals surface area contributed by atoms with Crippen molar-refractivity contribution in [3.05, 3.63) is 34.2 Å². The van der Waals surface area contributed by atoms with Crippen molar-refractivity contribution in [3.63, 3.8) is 0 Å². The van der Waals surface area contributed by atoms with E-state index in [2.05, 4.69) is 22.1 Å². The number of H-pyrrole nitrogens is 1. The maximum atomic E-state index is 10.9. The van der Waals surface area contributed by atoms with Crippen LogP contribution in [0.4, 0.5) is 0 Å². The molecule has 0 bridgehead atoms. The van der Waals surface area contributed by atoms with Crippen LogP contribution < -0.4 is 10.9 Å². The zero-order valence-electron chi connectivity index (χ0n) is 10.8. The molecule has 0 saturated carbocycles. The molecule has 2 N–H and O–H groups in total. The van der Waals surface area contributed by atoms with Crippen LogP contribution in [0, 0.1) is 0 Å². The van der Waals surface area contributed by atoms with Crippen molar-refractivity contribution in [1.29, 1.82) is 0 Å². The van der Waals surface area contributed by atoms with Crippen LogP contribution >= 0.6 is 0 Å².